The maximum absolute atomic E-state index is 12.3. The molecule has 0 unspecified atom stereocenters. The quantitative estimate of drug-likeness (QED) is 0.136. The van der Waals surface area contributed by atoms with Gasteiger partial charge in [0.2, 0.25) is 0 Å². The lowest BCUT2D eigenvalue weighted by Crippen LogP contribution is -2.36. The van der Waals surface area contributed by atoms with Crippen molar-refractivity contribution >= 4 is 35.6 Å². The Morgan fingerprint density at radius 2 is 2.18 bits per heavy atom. The first-order valence-corrected chi connectivity index (χ1v) is 7.95. The van der Waals surface area contributed by atoms with Crippen molar-refractivity contribution in [2.75, 3.05) is 18.5 Å². The molecule has 0 saturated carbocycles. The van der Waals surface area contributed by atoms with Crippen LogP contribution in [0.5, 0.6) is 0 Å². The topological polar surface area (TPSA) is 137 Å². The fourth-order valence-corrected chi connectivity index (χ4v) is 2.42. The van der Waals surface area contributed by atoms with E-state index in [1.165, 1.54) is 11.8 Å². The van der Waals surface area contributed by atoms with Crippen LogP contribution in [0.3, 0.4) is 0 Å². The highest BCUT2D eigenvalue weighted by molar-refractivity contribution is 7.98. The first kappa shape index (κ1) is 17.8. The Balaban J connectivity index is 2.67. The molecule has 1 aromatic carbocycles. The van der Waals surface area contributed by atoms with E-state index in [0.29, 0.717) is 36.9 Å². The van der Waals surface area contributed by atoms with Crippen LogP contribution in [-0.4, -0.2) is 37.0 Å². The van der Waals surface area contributed by atoms with Gasteiger partial charge in [-0.2, -0.15) is 0 Å². The lowest BCUT2D eigenvalue weighted by atomic mass is 10.1. The molecule has 0 fully saturated rings. The lowest BCUT2D eigenvalue weighted by Gasteiger charge is -2.14. The molecule has 120 valence electrons. The van der Waals surface area contributed by atoms with Gasteiger partial charge >= 0.3 is 0 Å². The van der Waals surface area contributed by atoms with E-state index in [1.807, 2.05) is 6.26 Å². The number of carbonyl (C=O) groups excluding carboxylic acids is 2. The van der Waals surface area contributed by atoms with Gasteiger partial charge in [0.25, 0.3) is 5.91 Å². The molecule has 0 aromatic heterocycles. The Bertz CT molecular complexity index is 558. The molecular weight excluding hydrogens is 302 g/mol. The van der Waals surface area contributed by atoms with Crippen LogP contribution in [0.2, 0.25) is 0 Å². The van der Waals surface area contributed by atoms with E-state index in [4.69, 9.17) is 17.2 Å². The van der Waals surface area contributed by atoms with Crippen LogP contribution in [0.4, 0.5) is 5.69 Å². The third-order valence-corrected chi connectivity index (χ3v) is 3.71. The maximum atomic E-state index is 12.3. The zero-order valence-electron chi connectivity index (χ0n) is 12.4. The van der Waals surface area contributed by atoms with E-state index < -0.39 is 6.04 Å². The molecule has 7 nitrogen and oxygen atoms in total. The second kappa shape index (κ2) is 8.93. The van der Waals surface area contributed by atoms with Gasteiger partial charge in [0.15, 0.2) is 5.96 Å². The number of benzene rings is 1. The molecule has 1 amide bonds. The molecule has 1 aromatic rings. The van der Waals surface area contributed by atoms with Crippen molar-refractivity contribution in [2.45, 2.75) is 23.8 Å². The number of guanidine groups is 1. The molecule has 0 bridgehead atoms. The largest absolute Gasteiger partial charge is 0.399 e. The first-order valence-electron chi connectivity index (χ1n) is 6.73. The van der Waals surface area contributed by atoms with E-state index in [0.717, 1.165) is 4.90 Å². The van der Waals surface area contributed by atoms with Gasteiger partial charge in [-0.15, -0.1) is 11.8 Å². The van der Waals surface area contributed by atoms with Gasteiger partial charge < -0.3 is 27.3 Å². The number of nitrogens with one attached hydrogen (secondary N) is 1. The third-order valence-electron chi connectivity index (χ3n) is 2.92. The summed E-state index contributed by atoms with van der Waals surface area (Å²) >= 11 is 1.44. The second-order valence-corrected chi connectivity index (χ2v) is 5.47. The molecule has 0 spiro atoms. The Morgan fingerprint density at radius 1 is 1.45 bits per heavy atom. The van der Waals surface area contributed by atoms with Crippen molar-refractivity contribution < 1.29 is 9.59 Å². The number of nitrogen functional groups attached to an aromatic ring is 1. The maximum Gasteiger partial charge on any atom is 0.253 e. The number of thioether (sulfide) groups is 1. The summed E-state index contributed by atoms with van der Waals surface area (Å²) in [5, 5.41) is 2.69. The van der Waals surface area contributed by atoms with E-state index >= 15 is 0 Å². The van der Waals surface area contributed by atoms with Crippen molar-refractivity contribution in [3.8, 4) is 0 Å². The van der Waals surface area contributed by atoms with Gasteiger partial charge in [0.1, 0.15) is 6.29 Å². The van der Waals surface area contributed by atoms with E-state index in [2.05, 4.69) is 10.3 Å². The summed E-state index contributed by atoms with van der Waals surface area (Å²) in [6.45, 7) is 0.414. The summed E-state index contributed by atoms with van der Waals surface area (Å²) < 4.78 is 0. The average molecular weight is 323 g/mol. The van der Waals surface area contributed by atoms with Gasteiger partial charge in [-0.25, -0.2) is 0 Å². The monoisotopic (exact) mass is 323 g/mol. The van der Waals surface area contributed by atoms with Crippen molar-refractivity contribution in [1.82, 2.24) is 5.32 Å². The van der Waals surface area contributed by atoms with Gasteiger partial charge in [-0.05, 0) is 37.3 Å². The van der Waals surface area contributed by atoms with Crippen LogP contribution in [0.1, 0.15) is 23.2 Å². The molecule has 0 aliphatic carbocycles. The van der Waals surface area contributed by atoms with Crippen LogP contribution in [0.25, 0.3) is 0 Å². The number of rotatable bonds is 8. The number of nitrogens with two attached hydrogens (primary N) is 3. The summed E-state index contributed by atoms with van der Waals surface area (Å²) in [4.78, 5) is 28.0. The number of aliphatic imine (C=N–C) groups is 1. The van der Waals surface area contributed by atoms with Crippen LogP contribution in [-0.2, 0) is 4.79 Å². The molecule has 0 saturated heterocycles. The van der Waals surface area contributed by atoms with E-state index in [-0.39, 0.29) is 11.9 Å². The number of anilines is 1. The predicted octanol–water partition coefficient (Wildman–Crippen LogP) is 0.342. The molecule has 0 radical (unpaired) electrons. The highest BCUT2D eigenvalue weighted by atomic mass is 32.2. The molecule has 1 rings (SSSR count). The molecule has 7 N–H and O–H groups in total. The van der Waals surface area contributed by atoms with Gasteiger partial charge in [0, 0.05) is 17.1 Å². The molecule has 22 heavy (non-hydrogen) atoms. The molecular formula is C14H21N5O2S. The number of nitrogens with zero attached hydrogens (tertiary/aromatic N) is 1. The number of hydrogen-bond donors (Lipinski definition) is 4. The second-order valence-electron chi connectivity index (χ2n) is 4.62. The minimum atomic E-state index is -0.585. The normalized spacial score (nSPS) is 11.5. The zero-order chi connectivity index (χ0) is 16.5. The molecule has 0 aliphatic heterocycles. The smallest absolute Gasteiger partial charge is 0.253 e. The van der Waals surface area contributed by atoms with E-state index in [1.54, 1.807) is 18.2 Å². The van der Waals surface area contributed by atoms with Crippen LogP contribution in [0, 0.1) is 0 Å². The molecule has 0 aliphatic rings. The summed E-state index contributed by atoms with van der Waals surface area (Å²) in [5.41, 5.74) is 17.1. The Labute approximate surface area is 133 Å². The number of amides is 1. The van der Waals surface area contributed by atoms with E-state index in [9.17, 15) is 9.59 Å². The predicted molar refractivity (Wildman–Crippen MR) is 89.9 cm³/mol. The molecule has 0 heterocycles. The van der Waals surface area contributed by atoms with Crippen molar-refractivity contribution in [3.05, 3.63) is 23.8 Å². The summed E-state index contributed by atoms with van der Waals surface area (Å²) in [6, 6.07) is 4.53. The Kier molecular flexibility index (Phi) is 7.24. The lowest BCUT2D eigenvalue weighted by molar-refractivity contribution is -0.109. The minimum Gasteiger partial charge on any atom is -0.399 e. The van der Waals surface area contributed by atoms with Crippen molar-refractivity contribution in [1.29, 1.82) is 0 Å². The number of carbonyl (C=O) groups is 2. The van der Waals surface area contributed by atoms with Crippen molar-refractivity contribution in [2.24, 2.45) is 16.5 Å². The van der Waals surface area contributed by atoms with Crippen LogP contribution < -0.4 is 22.5 Å². The van der Waals surface area contributed by atoms with Crippen LogP contribution in [0.15, 0.2) is 28.1 Å². The van der Waals surface area contributed by atoms with Crippen molar-refractivity contribution in [3.63, 3.8) is 0 Å². The van der Waals surface area contributed by atoms with Gasteiger partial charge in [-0.3, -0.25) is 9.79 Å². The first-order chi connectivity index (χ1) is 10.5. The molecule has 1 atom stereocenters. The third kappa shape index (κ3) is 5.65. The minimum absolute atomic E-state index is 0.0102. The zero-order valence-corrected chi connectivity index (χ0v) is 13.2. The fraction of sp³-hybridized carbons (Fsp3) is 0.357. The highest BCUT2D eigenvalue weighted by Gasteiger charge is 2.16. The van der Waals surface area contributed by atoms with Crippen LogP contribution >= 0.6 is 11.8 Å². The van der Waals surface area contributed by atoms with Gasteiger partial charge in [0.05, 0.1) is 11.6 Å². The standard InChI is InChI=1S/C14H21N5O2S/c1-22-12-5-4-9(15)7-11(12)13(21)19-10(8-20)3-2-6-18-14(16)17/h4-5,7-8,10H,2-3,6,15H2,1H3,(H,19,21)(H4,16,17,18)/t10-/m0/s1. The number of hydrogen-bond acceptors (Lipinski definition) is 5. The molecule has 8 heteroatoms. The Morgan fingerprint density at radius 3 is 2.77 bits per heavy atom. The SMILES string of the molecule is CSc1ccc(N)cc1C(=O)N[C@H](C=O)CCCN=C(N)N. The summed E-state index contributed by atoms with van der Waals surface area (Å²) in [7, 11) is 0. The summed E-state index contributed by atoms with van der Waals surface area (Å²) in [6.07, 6.45) is 3.63. The summed E-state index contributed by atoms with van der Waals surface area (Å²) in [5.74, 6) is -0.313. The fourth-order valence-electron chi connectivity index (χ4n) is 1.84. The Hall–Kier alpha value is -2.22. The van der Waals surface area contributed by atoms with Gasteiger partial charge in [-0.1, -0.05) is 0 Å². The number of aldehydes is 1. The average Bonchev–Trinajstić information content (AvgIpc) is 2.49. The highest BCUT2D eigenvalue weighted by Crippen LogP contribution is 2.22.